The normalized spacial score (nSPS) is 14.5. The SMILES string of the molecule is CCCn1c(C2CC2)nc2nc(-c3cnn(Cc4cccc(C(F)(F)F)c4)c3)n(COP(=O)(O)O)c2c1=O. The van der Waals surface area contributed by atoms with Gasteiger partial charge >= 0.3 is 14.0 Å². The minimum Gasteiger partial charge on any atom is -0.303 e. The Labute approximate surface area is 213 Å². The highest BCUT2D eigenvalue weighted by Gasteiger charge is 2.32. The standard InChI is InChI=1S/C23H24F3N6O5P/c1-2-8-31-20(15-6-7-15)28-19-18(22(31)33)32(13-37-38(34,35)36)21(29-19)16-10-27-30(12-16)11-14-4-3-5-17(9-14)23(24,25)26/h3-5,9-10,12,15H,2,6-8,11,13H2,1H3,(H2,34,35,36). The molecule has 5 rings (SSSR count). The van der Waals surface area contributed by atoms with Gasteiger partial charge in [0.1, 0.15) is 18.4 Å². The third-order valence-electron chi connectivity index (χ3n) is 6.13. The Morgan fingerprint density at radius 1 is 1.18 bits per heavy atom. The van der Waals surface area contributed by atoms with Crippen LogP contribution in [0.1, 0.15) is 49.1 Å². The summed E-state index contributed by atoms with van der Waals surface area (Å²) in [7, 11) is -4.90. The van der Waals surface area contributed by atoms with Crippen LogP contribution in [0.3, 0.4) is 0 Å². The number of imidazole rings is 1. The van der Waals surface area contributed by atoms with Gasteiger partial charge in [-0.3, -0.25) is 23.1 Å². The van der Waals surface area contributed by atoms with E-state index < -0.39 is 31.9 Å². The lowest BCUT2D eigenvalue weighted by Crippen LogP contribution is -2.26. The fourth-order valence-electron chi connectivity index (χ4n) is 4.30. The summed E-state index contributed by atoms with van der Waals surface area (Å²) < 4.78 is 59.7. The summed E-state index contributed by atoms with van der Waals surface area (Å²) in [6, 6.07) is 4.87. The summed E-state index contributed by atoms with van der Waals surface area (Å²) >= 11 is 0. The van der Waals surface area contributed by atoms with Crippen LogP contribution in [-0.4, -0.2) is 38.7 Å². The lowest BCUT2D eigenvalue weighted by molar-refractivity contribution is -0.137. The summed E-state index contributed by atoms with van der Waals surface area (Å²) in [5, 5.41) is 4.21. The van der Waals surface area contributed by atoms with Crippen molar-refractivity contribution in [2.75, 3.05) is 0 Å². The molecule has 0 radical (unpaired) electrons. The average molecular weight is 552 g/mol. The molecule has 1 aliphatic rings. The molecule has 15 heteroatoms. The largest absolute Gasteiger partial charge is 0.471 e. The van der Waals surface area contributed by atoms with Gasteiger partial charge in [0.25, 0.3) is 5.56 Å². The third-order valence-corrected chi connectivity index (χ3v) is 6.58. The maximum Gasteiger partial charge on any atom is 0.471 e. The van der Waals surface area contributed by atoms with Crippen LogP contribution in [0.4, 0.5) is 13.2 Å². The summed E-state index contributed by atoms with van der Waals surface area (Å²) in [5.74, 6) is 0.898. The zero-order valence-corrected chi connectivity index (χ0v) is 21.1. The van der Waals surface area contributed by atoms with Gasteiger partial charge in [0.2, 0.25) is 0 Å². The third kappa shape index (κ3) is 5.44. The van der Waals surface area contributed by atoms with Crippen molar-refractivity contribution in [3.05, 3.63) is 64.0 Å². The number of phosphoric acid groups is 1. The lowest BCUT2D eigenvalue weighted by Gasteiger charge is -2.12. The van der Waals surface area contributed by atoms with E-state index in [-0.39, 0.29) is 29.5 Å². The molecule has 0 aliphatic heterocycles. The van der Waals surface area contributed by atoms with Crippen molar-refractivity contribution in [2.24, 2.45) is 0 Å². The molecule has 0 atom stereocenters. The van der Waals surface area contributed by atoms with E-state index in [0.717, 1.165) is 25.0 Å². The second-order valence-corrected chi connectivity index (χ2v) is 10.3. The van der Waals surface area contributed by atoms with Crippen molar-refractivity contribution in [1.29, 1.82) is 0 Å². The van der Waals surface area contributed by atoms with E-state index in [2.05, 4.69) is 15.1 Å². The Hall–Kier alpha value is -3.32. The molecule has 38 heavy (non-hydrogen) atoms. The molecule has 1 fully saturated rings. The van der Waals surface area contributed by atoms with Gasteiger partial charge in [-0.15, -0.1) is 0 Å². The minimum atomic E-state index is -4.90. The van der Waals surface area contributed by atoms with Gasteiger partial charge in [0.15, 0.2) is 11.2 Å². The number of alkyl halides is 3. The van der Waals surface area contributed by atoms with Gasteiger partial charge in [-0.2, -0.15) is 18.3 Å². The molecular formula is C23H24F3N6O5P. The first-order valence-corrected chi connectivity index (χ1v) is 13.4. The Bertz CT molecular complexity index is 1600. The average Bonchev–Trinajstić information content (AvgIpc) is 3.47. The van der Waals surface area contributed by atoms with E-state index >= 15 is 0 Å². The number of phosphoric ester groups is 1. The van der Waals surface area contributed by atoms with Crippen LogP contribution in [0.25, 0.3) is 22.6 Å². The first-order chi connectivity index (χ1) is 17.9. The predicted octanol–water partition coefficient (Wildman–Crippen LogP) is 3.88. The molecule has 0 amide bonds. The Balaban J connectivity index is 1.57. The summed E-state index contributed by atoms with van der Waals surface area (Å²) in [5.41, 5.74) is -0.316. The molecule has 1 aromatic carbocycles. The predicted molar refractivity (Wildman–Crippen MR) is 129 cm³/mol. The molecule has 2 N–H and O–H groups in total. The van der Waals surface area contributed by atoms with Gasteiger partial charge < -0.3 is 9.79 Å². The highest BCUT2D eigenvalue weighted by atomic mass is 31.2. The molecule has 11 nitrogen and oxygen atoms in total. The van der Waals surface area contributed by atoms with Crippen LogP contribution in [0, 0.1) is 0 Å². The van der Waals surface area contributed by atoms with E-state index in [1.807, 2.05) is 6.92 Å². The highest BCUT2D eigenvalue weighted by Crippen LogP contribution is 2.40. The van der Waals surface area contributed by atoms with E-state index in [1.165, 1.54) is 27.7 Å². The summed E-state index contributed by atoms with van der Waals surface area (Å²) in [6.45, 7) is 1.69. The molecule has 4 aromatic rings. The van der Waals surface area contributed by atoms with Crippen molar-refractivity contribution in [3.8, 4) is 11.4 Å². The van der Waals surface area contributed by atoms with E-state index in [9.17, 15) is 32.3 Å². The van der Waals surface area contributed by atoms with Crippen LogP contribution < -0.4 is 5.56 Å². The molecular weight excluding hydrogens is 528 g/mol. The Kier molecular flexibility index (Phi) is 6.76. The quantitative estimate of drug-likeness (QED) is 0.299. The van der Waals surface area contributed by atoms with Gasteiger partial charge in [0.05, 0.1) is 23.9 Å². The first-order valence-electron chi connectivity index (χ1n) is 11.8. The molecule has 1 aliphatic carbocycles. The van der Waals surface area contributed by atoms with Crippen molar-refractivity contribution in [3.63, 3.8) is 0 Å². The molecule has 0 saturated heterocycles. The fourth-order valence-corrected chi connectivity index (χ4v) is 4.57. The van der Waals surface area contributed by atoms with Crippen LogP contribution in [0.5, 0.6) is 0 Å². The molecule has 1 saturated carbocycles. The molecule has 3 heterocycles. The first kappa shape index (κ1) is 26.3. The van der Waals surface area contributed by atoms with Gasteiger partial charge in [0, 0.05) is 18.7 Å². The summed E-state index contributed by atoms with van der Waals surface area (Å²) in [4.78, 5) is 41.2. The number of aromatic nitrogens is 6. The second kappa shape index (κ2) is 9.77. The molecule has 0 spiro atoms. The van der Waals surface area contributed by atoms with E-state index in [0.29, 0.717) is 29.9 Å². The monoisotopic (exact) mass is 552 g/mol. The molecule has 202 valence electrons. The smallest absolute Gasteiger partial charge is 0.303 e. The van der Waals surface area contributed by atoms with Gasteiger partial charge in [-0.1, -0.05) is 19.1 Å². The van der Waals surface area contributed by atoms with Crippen LogP contribution in [0.15, 0.2) is 41.5 Å². The minimum absolute atomic E-state index is 0.0243. The number of halogens is 3. The maximum absolute atomic E-state index is 13.5. The van der Waals surface area contributed by atoms with Crippen molar-refractivity contribution in [2.45, 2.75) is 58.1 Å². The Morgan fingerprint density at radius 2 is 1.95 bits per heavy atom. The van der Waals surface area contributed by atoms with Gasteiger partial charge in [-0.05, 0) is 37.0 Å². The number of nitrogens with zero attached hydrogens (tertiary/aromatic N) is 6. The van der Waals surface area contributed by atoms with Crippen LogP contribution in [-0.2, 0) is 35.1 Å². The van der Waals surface area contributed by atoms with Crippen molar-refractivity contribution >= 4 is 19.0 Å². The second-order valence-electron chi connectivity index (χ2n) is 9.11. The summed E-state index contributed by atoms with van der Waals surface area (Å²) in [6.07, 6.45) is 0.913. The zero-order chi connectivity index (χ0) is 27.2. The topological polar surface area (TPSA) is 137 Å². The molecule has 0 unspecified atom stereocenters. The highest BCUT2D eigenvalue weighted by molar-refractivity contribution is 7.46. The lowest BCUT2D eigenvalue weighted by atomic mass is 10.1. The molecule has 0 bridgehead atoms. The Morgan fingerprint density at radius 3 is 2.61 bits per heavy atom. The maximum atomic E-state index is 13.5. The number of rotatable bonds is 9. The number of hydrogen-bond donors (Lipinski definition) is 2. The van der Waals surface area contributed by atoms with Gasteiger partial charge in [-0.25, -0.2) is 14.5 Å². The van der Waals surface area contributed by atoms with E-state index in [1.54, 1.807) is 10.6 Å². The van der Waals surface area contributed by atoms with Crippen LogP contribution in [0.2, 0.25) is 0 Å². The number of benzene rings is 1. The number of hydrogen-bond acceptors (Lipinski definition) is 6. The fraction of sp³-hybridized carbons (Fsp3) is 0.391. The van der Waals surface area contributed by atoms with Crippen LogP contribution >= 0.6 is 7.82 Å². The molecule has 3 aromatic heterocycles. The van der Waals surface area contributed by atoms with Crippen molar-refractivity contribution < 1.29 is 32.0 Å². The zero-order valence-electron chi connectivity index (χ0n) is 20.2. The van der Waals surface area contributed by atoms with Crippen molar-refractivity contribution in [1.82, 2.24) is 28.9 Å². The number of fused-ring (bicyclic) bond motifs is 1. The van der Waals surface area contributed by atoms with E-state index in [4.69, 9.17) is 4.52 Å².